The third-order valence-corrected chi connectivity index (χ3v) is 6.27. The van der Waals surface area contributed by atoms with E-state index < -0.39 is 6.10 Å². The van der Waals surface area contributed by atoms with Gasteiger partial charge in [-0.2, -0.15) is 0 Å². The van der Waals surface area contributed by atoms with E-state index in [1.807, 2.05) is 25.1 Å². The molecule has 2 heterocycles. The maximum Gasteiger partial charge on any atom is 0.261 e. The molecule has 1 aromatic heterocycles. The number of carbonyl (C=O) groups excluding carboxylic acids is 1. The Hall–Kier alpha value is -1.89. The Kier molecular flexibility index (Phi) is 8.09. The maximum atomic E-state index is 12.9. The number of amides is 1. The van der Waals surface area contributed by atoms with Crippen LogP contribution in [0.15, 0.2) is 41.8 Å². The van der Waals surface area contributed by atoms with Crippen molar-refractivity contribution in [3.8, 4) is 5.75 Å². The summed E-state index contributed by atoms with van der Waals surface area (Å²) in [5.41, 5.74) is 1.13. The molecule has 1 aromatic carbocycles. The van der Waals surface area contributed by atoms with E-state index in [4.69, 9.17) is 9.47 Å². The van der Waals surface area contributed by atoms with Gasteiger partial charge in [0.25, 0.3) is 5.91 Å². The molecular weight excluding hydrogens is 384 g/mol. The predicted octanol–water partition coefficient (Wildman–Crippen LogP) is 4.22. The van der Waals surface area contributed by atoms with Crippen molar-refractivity contribution in [2.75, 3.05) is 32.8 Å². The minimum atomic E-state index is -0.497. The van der Waals surface area contributed by atoms with Crippen molar-refractivity contribution in [3.63, 3.8) is 0 Å². The van der Waals surface area contributed by atoms with E-state index in [2.05, 4.69) is 47.6 Å². The highest BCUT2D eigenvalue weighted by Gasteiger charge is 2.26. The van der Waals surface area contributed by atoms with E-state index in [0.29, 0.717) is 18.9 Å². The summed E-state index contributed by atoms with van der Waals surface area (Å²) in [6.07, 6.45) is 0.128. The number of morpholine rings is 1. The van der Waals surface area contributed by atoms with Crippen LogP contribution in [-0.4, -0.2) is 49.8 Å². The number of nitrogens with one attached hydrogen (secondary N) is 1. The van der Waals surface area contributed by atoms with Crippen molar-refractivity contribution in [3.05, 3.63) is 52.2 Å². The Morgan fingerprint density at radius 3 is 2.62 bits per heavy atom. The topological polar surface area (TPSA) is 50.8 Å². The molecule has 158 valence electrons. The molecule has 2 unspecified atom stereocenters. The highest BCUT2D eigenvalue weighted by molar-refractivity contribution is 7.10. The summed E-state index contributed by atoms with van der Waals surface area (Å²) in [5.74, 6) is 1.09. The number of rotatable bonds is 9. The van der Waals surface area contributed by atoms with E-state index in [1.54, 1.807) is 11.3 Å². The van der Waals surface area contributed by atoms with Crippen LogP contribution in [0.25, 0.3) is 0 Å². The van der Waals surface area contributed by atoms with Crippen LogP contribution >= 0.6 is 11.3 Å². The smallest absolute Gasteiger partial charge is 0.261 e. The summed E-state index contributed by atoms with van der Waals surface area (Å²) in [4.78, 5) is 16.6. The highest BCUT2D eigenvalue weighted by Crippen LogP contribution is 2.28. The lowest BCUT2D eigenvalue weighted by Crippen LogP contribution is -2.46. The molecule has 0 aliphatic carbocycles. The monoisotopic (exact) mass is 416 g/mol. The Morgan fingerprint density at radius 1 is 1.21 bits per heavy atom. The molecular formula is C23H32N2O3S. The lowest BCUT2D eigenvalue weighted by Gasteiger charge is -2.34. The Bertz CT molecular complexity index is 757. The summed E-state index contributed by atoms with van der Waals surface area (Å²) < 4.78 is 11.6. The van der Waals surface area contributed by atoms with Crippen molar-refractivity contribution < 1.29 is 14.3 Å². The van der Waals surface area contributed by atoms with Crippen LogP contribution in [0.3, 0.4) is 0 Å². The molecule has 0 radical (unpaired) electrons. The first-order valence-corrected chi connectivity index (χ1v) is 11.4. The zero-order valence-corrected chi connectivity index (χ0v) is 18.4. The van der Waals surface area contributed by atoms with E-state index in [0.717, 1.165) is 37.6 Å². The SMILES string of the molecule is CCC(Oc1ccccc1C(C)C)C(=O)NCC(c1cccs1)N1CCOCC1. The molecule has 29 heavy (non-hydrogen) atoms. The van der Waals surface area contributed by atoms with Gasteiger partial charge >= 0.3 is 0 Å². The van der Waals surface area contributed by atoms with Crippen LogP contribution in [-0.2, 0) is 9.53 Å². The number of nitrogens with zero attached hydrogens (tertiary/aromatic N) is 1. The maximum absolute atomic E-state index is 12.9. The molecule has 0 spiro atoms. The standard InChI is InChI=1S/C23H32N2O3S/c1-4-20(28-21-9-6-5-8-18(21)17(2)3)23(26)24-16-19(22-10-7-15-29-22)25-11-13-27-14-12-25/h5-10,15,17,19-20H,4,11-14,16H2,1-3H3,(H,24,26). The fourth-order valence-electron chi connectivity index (χ4n) is 3.63. The van der Waals surface area contributed by atoms with Crippen molar-refractivity contribution in [2.24, 2.45) is 0 Å². The molecule has 1 amide bonds. The molecule has 1 saturated heterocycles. The minimum absolute atomic E-state index is 0.0547. The fraction of sp³-hybridized carbons (Fsp3) is 0.522. The Morgan fingerprint density at radius 2 is 1.97 bits per heavy atom. The third kappa shape index (κ3) is 5.81. The molecule has 1 aliphatic heterocycles. The molecule has 1 N–H and O–H groups in total. The molecule has 2 atom stereocenters. The number of para-hydroxylation sites is 1. The van der Waals surface area contributed by atoms with Gasteiger partial charge in [0.05, 0.1) is 19.3 Å². The molecule has 5 nitrogen and oxygen atoms in total. The van der Waals surface area contributed by atoms with E-state index in [9.17, 15) is 4.79 Å². The number of ether oxygens (including phenoxy) is 2. The van der Waals surface area contributed by atoms with Gasteiger partial charge in [-0.1, -0.05) is 45.0 Å². The van der Waals surface area contributed by atoms with Crippen molar-refractivity contribution in [1.29, 1.82) is 0 Å². The number of benzene rings is 1. The summed E-state index contributed by atoms with van der Waals surface area (Å²) in [5, 5.41) is 5.24. The third-order valence-electron chi connectivity index (χ3n) is 5.30. The van der Waals surface area contributed by atoms with E-state index in [-0.39, 0.29) is 11.9 Å². The number of carbonyl (C=O) groups is 1. The summed E-state index contributed by atoms with van der Waals surface area (Å²) in [6.45, 7) is 10.1. The van der Waals surface area contributed by atoms with Crippen LogP contribution < -0.4 is 10.1 Å². The van der Waals surface area contributed by atoms with Crippen LogP contribution in [0.4, 0.5) is 0 Å². The average molecular weight is 417 g/mol. The van der Waals surface area contributed by atoms with Crippen LogP contribution in [0.1, 0.15) is 49.6 Å². The summed E-state index contributed by atoms with van der Waals surface area (Å²) in [7, 11) is 0. The molecule has 2 aromatic rings. The van der Waals surface area contributed by atoms with Gasteiger partial charge in [-0.05, 0) is 35.4 Å². The Labute approximate surface area is 178 Å². The van der Waals surface area contributed by atoms with Crippen molar-refractivity contribution >= 4 is 17.2 Å². The Balaban J connectivity index is 1.65. The molecule has 1 aliphatic rings. The number of hydrogen-bond donors (Lipinski definition) is 1. The van der Waals surface area contributed by atoms with Crippen molar-refractivity contribution in [2.45, 2.75) is 45.3 Å². The van der Waals surface area contributed by atoms with Crippen LogP contribution in [0, 0.1) is 0 Å². The van der Waals surface area contributed by atoms with Crippen LogP contribution in [0.5, 0.6) is 5.75 Å². The normalized spacial score (nSPS) is 17.1. The molecule has 1 fully saturated rings. The lowest BCUT2D eigenvalue weighted by molar-refractivity contribution is -0.128. The number of hydrogen-bond acceptors (Lipinski definition) is 5. The number of thiophene rings is 1. The van der Waals surface area contributed by atoms with Crippen LogP contribution in [0.2, 0.25) is 0 Å². The van der Waals surface area contributed by atoms with Gasteiger partial charge in [0.15, 0.2) is 6.10 Å². The minimum Gasteiger partial charge on any atom is -0.480 e. The second kappa shape index (κ2) is 10.8. The van der Waals surface area contributed by atoms with Gasteiger partial charge in [0.2, 0.25) is 0 Å². The average Bonchev–Trinajstić information content (AvgIpc) is 3.27. The van der Waals surface area contributed by atoms with Gasteiger partial charge < -0.3 is 14.8 Å². The summed E-state index contributed by atoms with van der Waals surface area (Å²) in [6, 6.07) is 12.4. The zero-order chi connectivity index (χ0) is 20.6. The quantitative estimate of drug-likeness (QED) is 0.665. The molecule has 3 rings (SSSR count). The predicted molar refractivity (Wildman–Crippen MR) is 118 cm³/mol. The highest BCUT2D eigenvalue weighted by atomic mass is 32.1. The second-order valence-electron chi connectivity index (χ2n) is 7.63. The zero-order valence-electron chi connectivity index (χ0n) is 17.6. The van der Waals surface area contributed by atoms with Gasteiger partial charge in [-0.25, -0.2) is 0 Å². The van der Waals surface area contributed by atoms with E-state index >= 15 is 0 Å². The lowest BCUT2D eigenvalue weighted by atomic mass is 10.0. The first-order chi connectivity index (χ1) is 14.1. The van der Waals surface area contributed by atoms with Gasteiger partial charge in [0.1, 0.15) is 5.75 Å². The first kappa shape index (κ1) is 21.8. The first-order valence-electron chi connectivity index (χ1n) is 10.5. The molecule has 0 saturated carbocycles. The van der Waals surface area contributed by atoms with Gasteiger partial charge in [0, 0.05) is 24.5 Å². The second-order valence-corrected chi connectivity index (χ2v) is 8.61. The van der Waals surface area contributed by atoms with Crippen molar-refractivity contribution in [1.82, 2.24) is 10.2 Å². The molecule has 0 bridgehead atoms. The fourth-order valence-corrected chi connectivity index (χ4v) is 4.49. The van der Waals surface area contributed by atoms with Gasteiger partial charge in [-0.3, -0.25) is 9.69 Å². The van der Waals surface area contributed by atoms with Gasteiger partial charge in [-0.15, -0.1) is 11.3 Å². The van der Waals surface area contributed by atoms with E-state index in [1.165, 1.54) is 4.88 Å². The molecule has 6 heteroatoms. The summed E-state index contributed by atoms with van der Waals surface area (Å²) >= 11 is 1.73. The largest absolute Gasteiger partial charge is 0.480 e.